The Labute approximate surface area is 118 Å². The smallest absolute Gasteiger partial charge is 0.311 e. The quantitative estimate of drug-likeness (QED) is 0.792. The average molecular weight is 311 g/mol. The van der Waals surface area contributed by atoms with Gasteiger partial charge in [0.05, 0.1) is 11.1 Å². The third-order valence-corrected chi connectivity index (χ3v) is 2.71. The number of hydrogen-bond donors (Lipinski definition) is 1. The van der Waals surface area contributed by atoms with Gasteiger partial charge in [0.15, 0.2) is 0 Å². The SMILES string of the molecule is CCNC(C)/C=C/c1cc(C(F)(F)F)cc(C(F)(F)F)c1. The fourth-order valence-electron chi connectivity index (χ4n) is 1.72. The van der Waals surface area contributed by atoms with Crippen molar-refractivity contribution in [2.45, 2.75) is 32.2 Å². The number of hydrogen-bond acceptors (Lipinski definition) is 1. The Morgan fingerprint density at radius 2 is 1.48 bits per heavy atom. The molecular formula is C14H15F6N. The van der Waals surface area contributed by atoms with Crippen LogP contribution in [0.4, 0.5) is 26.3 Å². The summed E-state index contributed by atoms with van der Waals surface area (Å²) in [6, 6.07) is 1.36. The molecule has 0 fully saturated rings. The van der Waals surface area contributed by atoms with E-state index in [9.17, 15) is 26.3 Å². The van der Waals surface area contributed by atoms with Crippen molar-refractivity contribution in [3.8, 4) is 0 Å². The molecule has 0 aliphatic heterocycles. The number of benzene rings is 1. The summed E-state index contributed by atoms with van der Waals surface area (Å²) in [6.45, 7) is 4.23. The Balaban J connectivity index is 3.20. The highest BCUT2D eigenvalue weighted by atomic mass is 19.4. The topological polar surface area (TPSA) is 12.0 Å². The Hall–Kier alpha value is -1.50. The lowest BCUT2D eigenvalue weighted by Gasteiger charge is -2.13. The van der Waals surface area contributed by atoms with Crippen LogP contribution in [0.25, 0.3) is 6.08 Å². The van der Waals surface area contributed by atoms with Crippen LogP contribution in [-0.4, -0.2) is 12.6 Å². The third kappa shape index (κ3) is 5.41. The summed E-state index contributed by atoms with van der Waals surface area (Å²) < 4.78 is 75.9. The molecule has 0 aliphatic rings. The van der Waals surface area contributed by atoms with E-state index in [1.807, 2.05) is 6.92 Å². The lowest BCUT2D eigenvalue weighted by Crippen LogP contribution is -2.22. The van der Waals surface area contributed by atoms with E-state index in [4.69, 9.17) is 0 Å². The summed E-state index contributed by atoms with van der Waals surface area (Å²) in [5.41, 5.74) is -2.76. The first-order valence-corrected chi connectivity index (χ1v) is 6.25. The van der Waals surface area contributed by atoms with Crippen LogP contribution < -0.4 is 5.32 Å². The largest absolute Gasteiger partial charge is 0.416 e. The summed E-state index contributed by atoms with van der Waals surface area (Å²) >= 11 is 0. The fraction of sp³-hybridized carbons (Fsp3) is 0.429. The molecule has 0 spiro atoms. The van der Waals surface area contributed by atoms with E-state index in [-0.39, 0.29) is 17.7 Å². The Kier molecular flexibility index (Phi) is 5.44. The maximum Gasteiger partial charge on any atom is 0.416 e. The lowest BCUT2D eigenvalue weighted by atomic mass is 10.0. The van der Waals surface area contributed by atoms with Gasteiger partial charge in [-0.15, -0.1) is 0 Å². The van der Waals surface area contributed by atoms with Crippen LogP contribution in [0.15, 0.2) is 24.3 Å². The standard InChI is InChI=1S/C14H15F6N/c1-3-21-9(2)4-5-10-6-11(13(15,16)17)8-12(7-10)14(18,19)20/h4-9,21H,3H2,1-2H3/b5-4+. The summed E-state index contributed by atoms with van der Waals surface area (Å²) in [5, 5.41) is 2.97. The maximum absolute atomic E-state index is 12.7. The molecule has 0 aromatic heterocycles. The molecule has 0 bridgehead atoms. The zero-order chi connectivity index (χ0) is 16.3. The molecule has 0 aliphatic carbocycles. The minimum atomic E-state index is -4.82. The number of nitrogens with one attached hydrogen (secondary N) is 1. The van der Waals surface area contributed by atoms with E-state index in [1.165, 1.54) is 12.2 Å². The van der Waals surface area contributed by atoms with Gasteiger partial charge in [0.1, 0.15) is 0 Å². The van der Waals surface area contributed by atoms with Crippen LogP contribution in [0.3, 0.4) is 0 Å². The minimum Gasteiger partial charge on any atom is -0.311 e. The number of rotatable bonds is 4. The predicted octanol–water partition coefficient (Wildman–Crippen LogP) is 4.74. The highest BCUT2D eigenvalue weighted by Crippen LogP contribution is 2.36. The summed E-state index contributed by atoms with van der Waals surface area (Å²) in [6.07, 6.45) is -6.88. The van der Waals surface area contributed by atoms with Crippen molar-refractivity contribution in [1.29, 1.82) is 0 Å². The van der Waals surface area contributed by atoms with Crippen LogP contribution in [0.5, 0.6) is 0 Å². The lowest BCUT2D eigenvalue weighted by molar-refractivity contribution is -0.143. The molecule has 0 radical (unpaired) electrons. The van der Waals surface area contributed by atoms with Crippen molar-refractivity contribution in [1.82, 2.24) is 5.32 Å². The molecule has 0 saturated carbocycles. The van der Waals surface area contributed by atoms with Crippen molar-refractivity contribution in [3.05, 3.63) is 41.0 Å². The number of alkyl halides is 6. The predicted molar refractivity (Wildman–Crippen MR) is 68.6 cm³/mol. The zero-order valence-corrected chi connectivity index (χ0v) is 11.4. The summed E-state index contributed by atoms with van der Waals surface area (Å²) in [5.74, 6) is 0. The van der Waals surface area contributed by atoms with Crippen LogP contribution in [0.1, 0.15) is 30.5 Å². The normalized spacial score (nSPS) is 14.7. The molecule has 1 aromatic carbocycles. The molecule has 1 nitrogen and oxygen atoms in total. The van der Waals surface area contributed by atoms with Gasteiger partial charge in [-0.1, -0.05) is 19.1 Å². The molecule has 21 heavy (non-hydrogen) atoms. The molecular weight excluding hydrogens is 296 g/mol. The van der Waals surface area contributed by atoms with Gasteiger partial charge in [-0.05, 0) is 37.2 Å². The van der Waals surface area contributed by atoms with E-state index in [0.29, 0.717) is 18.7 Å². The average Bonchev–Trinajstić information content (AvgIpc) is 2.34. The van der Waals surface area contributed by atoms with Gasteiger partial charge >= 0.3 is 12.4 Å². The second-order valence-electron chi connectivity index (χ2n) is 4.54. The van der Waals surface area contributed by atoms with Crippen LogP contribution >= 0.6 is 0 Å². The van der Waals surface area contributed by atoms with Gasteiger partial charge in [0, 0.05) is 6.04 Å². The highest BCUT2D eigenvalue weighted by molar-refractivity contribution is 5.53. The zero-order valence-electron chi connectivity index (χ0n) is 11.4. The maximum atomic E-state index is 12.7. The third-order valence-electron chi connectivity index (χ3n) is 2.71. The second-order valence-corrected chi connectivity index (χ2v) is 4.54. The van der Waals surface area contributed by atoms with Crippen molar-refractivity contribution < 1.29 is 26.3 Å². The molecule has 1 atom stereocenters. The van der Waals surface area contributed by atoms with Crippen LogP contribution in [-0.2, 0) is 12.4 Å². The first-order chi connectivity index (χ1) is 9.54. The fourth-order valence-corrected chi connectivity index (χ4v) is 1.72. The molecule has 0 heterocycles. The van der Waals surface area contributed by atoms with Gasteiger partial charge in [0.25, 0.3) is 0 Å². The van der Waals surface area contributed by atoms with E-state index < -0.39 is 23.5 Å². The number of halogens is 6. The Morgan fingerprint density at radius 3 is 1.86 bits per heavy atom. The molecule has 0 amide bonds. The van der Waals surface area contributed by atoms with Gasteiger partial charge in [-0.3, -0.25) is 0 Å². The highest BCUT2D eigenvalue weighted by Gasteiger charge is 2.36. The second kappa shape index (κ2) is 6.51. The summed E-state index contributed by atoms with van der Waals surface area (Å²) in [4.78, 5) is 0. The molecule has 118 valence electrons. The van der Waals surface area contributed by atoms with Gasteiger partial charge < -0.3 is 5.32 Å². The van der Waals surface area contributed by atoms with Crippen molar-refractivity contribution in [3.63, 3.8) is 0 Å². The minimum absolute atomic E-state index is 0.116. The summed E-state index contributed by atoms with van der Waals surface area (Å²) in [7, 11) is 0. The number of likely N-dealkylation sites (N-methyl/N-ethyl adjacent to an activating group) is 1. The first kappa shape index (κ1) is 17.6. The van der Waals surface area contributed by atoms with Crippen molar-refractivity contribution >= 4 is 6.08 Å². The Morgan fingerprint density at radius 1 is 1.00 bits per heavy atom. The molecule has 0 saturated heterocycles. The van der Waals surface area contributed by atoms with Crippen molar-refractivity contribution in [2.75, 3.05) is 6.54 Å². The van der Waals surface area contributed by atoms with Gasteiger partial charge in [0.2, 0.25) is 0 Å². The van der Waals surface area contributed by atoms with Gasteiger partial charge in [-0.2, -0.15) is 26.3 Å². The van der Waals surface area contributed by atoms with E-state index in [0.717, 1.165) is 0 Å². The molecule has 7 heteroatoms. The monoisotopic (exact) mass is 311 g/mol. The van der Waals surface area contributed by atoms with E-state index >= 15 is 0 Å². The van der Waals surface area contributed by atoms with E-state index in [1.54, 1.807) is 6.92 Å². The first-order valence-electron chi connectivity index (χ1n) is 6.25. The Bertz CT molecular complexity index is 469. The van der Waals surface area contributed by atoms with E-state index in [2.05, 4.69) is 5.32 Å². The molecule has 1 rings (SSSR count). The molecule has 1 aromatic rings. The van der Waals surface area contributed by atoms with Crippen molar-refractivity contribution in [2.24, 2.45) is 0 Å². The molecule has 1 N–H and O–H groups in total. The van der Waals surface area contributed by atoms with Crippen LogP contribution in [0, 0.1) is 0 Å². The van der Waals surface area contributed by atoms with Crippen LogP contribution in [0.2, 0.25) is 0 Å². The molecule has 1 unspecified atom stereocenters. The van der Waals surface area contributed by atoms with Gasteiger partial charge in [-0.25, -0.2) is 0 Å².